The Morgan fingerprint density at radius 1 is 1.21 bits per heavy atom. The third kappa shape index (κ3) is 3.07. The van der Waals surface area contributed by atoms with Gasteiger partial charge in [0.25, 0.3) is 0 Å². The van der Waals surface area contributed by atoms with Crippen LogP contribution in [0.2, 0.25) is 0 Å². The number of nitrogens with one attached hydrogen (secondary N) is 1. The lowest BCUT2D eigenvalue weighted by Gasteiger charge is -2.26. The Morgan fingerprint density at radius 3 is 2.89 bits per heavy atom. The van der Waals surface area contributed by atoms with Gasteiger partial charge in [-0.05, 0) is 63.0 Å². The summed E-state index contributed by atoms with van der Waals surface area (Å²) in [5.74, 6) is -0.375. The Hall–Kier alpha value is -1.55. The van der Waals surface area contributed by atoms with Gasteiger partial charge in [-0.25, -0.2) is 4.79 Å². The number of piperidine rings is 1. The standard InChI is InChI=1S/C15H20N2O2/c18-15-16-13-7-6-12(11-14(13)19-15)5-4-10-17-8-2-1-3-9-17/h6-7,11H,1-5,8-10H2,(H,16,18). The summed E-state index contributed by atoms with van der Waals surface area (Å²) in [5, 5.41) is 0. The van der Waals surface area contributed by atoms with Crippen molar-refractivity contribution in [1.82, 2.24) is 9.88 Å². The van der Waals surface area contributed by atoms with Crippen molar-refractivity contribution in [3.63, 3.8) is 0 Å². The van der Waals surface area contributed by atoms with E-state index in [2.05, 4.69) is 16.0 Å². The van der Waals surface area contributed by atoms with Crippen LogP contribution in [0.4, 0.5) is 0 Å². The number of hydrogen-bond acceptors (Lipinski definition) is 3. The molecule has 1 aromatic carbocycles. The second-order valence-electron chi connectivity index (χ2n) is 5.35. The van der Waals surface area contributed by atoms with Crippen molar-refractivity contribution in [1.29, 1.82) is 0 Å². The molecule has 1 saturated heterocycles. The number of aromatic nitrogens is 1. The summed E-state index contributed by atoms with van der Waals surface area (Å²) < 4.78 is 5.08. The van der Waals surface area contributed by atoms with Crippen LogP contribution in [-0.2, 0) is 6.42 Å². The van der Waals surface area contributed by atoms with E-state index in [4.69, 9.17) is 4.42 Å². The maximum Gasteiger partial charge on any atom is 0.417 e. The normalized spacial score (nSPS) is 17.1. The van der Waals surface area contributed by atoms with E-state index < -0.39 is 0 Å². The van der Waals surface area contributed by atoms with E-state index in [9.17, 15) is 4.79 Å². The summed E-state index contributed by atoms with van der Waals surface area (Å²) in [4.78, 5) is 16.3. The highest BCUT2D eigenvalue weighted by molar-refractivity contribution is 5.72. The topological polar surface area (TPSA) is 49.2 Å². The van der Waals surface area contributed by atoms with Gasteiger partial charge in [-0.2, -0.15) is 0 Å². The number of fused-ring (bicyclic) bond motifs is 1. The lowest BCUT2D eigenvalue weighted by Crippen LogP contribution is -2.30. The first-order valence-electron chi connectivity index (χ1n) is 7.15. The molecule has 0 radical (unpaired) electrons. The smallest absolute Gasteiger partial charge is 0.408 e. The maximum atomic E-state index is 11.1. The molecule has 0 saturated carbocycles. The van der Waals surface area contributed by atoms with Crippen molar-refractivity contribution >= 4 is 11.1 Å². The molecule has 0 aliphatic carbocycles. The molecule has 4 nitrogen and oxygen atoms in total. The fraction of sp³-hybridized carbons (Fsp3) is 0.533. The van der Waals surface area contributed by atoms with Crippen molar-refractivity contribution in [3.8, 4) is 0 Å². The minimum Gasteiger partial charge on any atom is -0.408 e. The minimum atomic E-state index is -0.375. The molecule has 19 heavy (non-hydrogen) atoms. The molecule has 4 heteroatoms. The van der Waals surface area contributed by atoms with Gasteiger partial charge < -0.3 is 9.32 Å². The molecule has 0 unspecified atom stereocenters. The second-order valence-corrected chi connectivity index (χ2v) is 5.35. The van der Waals surface area contributed by atoms with Crippen LogP contribution in [0.25, 0.3) is 11.1 Å². The molecule has 0 bridgehead atoms. The van der Waals surface area contributed by atoms with Crippen LogP contribution < -0.4 is 5.76 Å². The van der Waals surface area contributed by atoms with E-state index in [1.54, 1.807) is 0 Å². The van der Waals surface area contributed by atoms with Crippen LogP contribution in [0.15, 0.2) is 27.4 Å². The Balaban J connectivity index is 1.57. The molecule has 2 aromatic rings. The number of aromatic amines is 1. The number of oxazole rings is 1. The van der Waals surface area contributed by atoms with Crippen molar-refractivity contribution in [2.24, 2.45) is 0 Å². The molecule has 1 N–H and O–H groups in total. The molecule has 1 aliphatic rings. The van der Waals surface area contributed by atoms with Gasteiger partial charge in [-0.15, -0.1) is 0 Å². The molecule has 2 heterocycles. The summed E-state index contributed by atoms with van der Waals surface area (Å²) >= 11 is 0. The lowest BCUT2D eigenvalue weighted by molar-refractivity contribution is 0.226. The van der Waals surface area contributed by atoms with Gasteiger partial charge in [0.2, 0.25) is 0 Å². The quantitative estimate of drug-likeness (QED) is 0.919. The molecular formula is C15H20N2O2. The second kappa shape index (κ2) is 5.61. The first-order valence-corrected chi connectivity index (χ1v) is 7.15. The molecule has 0 amide bonds. The van der Waals surface area contributed by atoms with E-state index in [0.29, 0.717) is 5.58 Å². The van der Waals surface area contributed by atoms with Gasteiger partial charge >= 0.3 is 5.76 Å². The van der Waals surface area contributed by atoms with Crippen LogP contribution >= 0.6 is 0 Å². The van der Waals surface area contributed by atoms with Crippen molar-refractivity contribution < 1.29 is 4.42 Å². The molecule has 3 rings (SSSR count). The van der Waals surface area contributed by atoms with Gasteiger partial charge in [0, 0.05) is 0 Å². The van der Waals surface area contributed by atoms with Gasteiger partial charge in [0.1, 0.15) is 0 Å². The van der Waals surface area contributed by atoms with Gasteiger partial charge in [0.15, 0.2) is 5.58 Å². The summed E-state index contributed by atoms with van der Waals surface area (Å²) in [5.41, 5.74) is 2.69. The van der Waals surface area contributed by atoms with Crippen LogP contribution in [0.5, 0.6) is 0 Å². The molecule has 102 valence electrons. The summed E-state index contributed by atoms with van der Waals surface area (Å²) in [6, 6.07) is 5.98. The summed E-state index contributed by atoms with van der Waals surface area (Å²) in [6.07, 6.45) is 6.29. The van der Waals surface area contributed by atoms with Crippen LogP contribution in [0.1, 0.15) is 31.2 Å². The average Bonchev–Trinajstić information content (AvgIpc) is 2.79. The zero-order valence-corrected chi connectivity index (χ0v) is 11.2. The first-order chi connectivity index (χ1) is 9.31. The van der Waals surface area contributed by atoms with Crippen molar-refractivity contribution in [2.45, 2.75) is 32.1 Å². The number of rotatable bonds is 4. The van der Waals surface area contributed by atoms with Gasteiger partial charge in [-0.3, -0.25) is 4.98 Å². The number of aryl methyl sites for hydroxylation is 1. The van der Waals surface area contributed by atoms with Crippen molar-refractivity contribution in [3.05, 3.63) is 34.3 Å². The van der Waals surface area contributed by atoms with Crippen LogP contribution in [0, 0.1) is 0 Å². The zero-order valence-electron chi connectivity index (χ0n) is 11.2. The van der Waals surface area contributed by atoms with Crippen LogP contribution in [-0.4, -0.2) is 29.5 Å². The molecule has 1 aliphatic heterocycles. The Labute approximate surface area is 112 Å². The third-order valence-corrected chi connectivity index (χ3v) is 3.87. The van der Waals surface area contributed by atoms with E-state index >= 15 is 0 Å². The number of hydrogen-bond donors (Lipinski definition) is 1. The zero-order chi connectivity index (χ0) is 13.1. The molecular weight excluding hydrogens is 240 g/mol. The van der Waals surface area contributed by atoms with Crippen LogP contribution in [0.3, 0.4) is 0 Å². The molecule has 0 spiro atoms. The average molecular weight is 260 g/mol. The van der Waals surface area contributed by atoms with Gasteiger partial charge in [0.05, 0.1) is 5.52 Å². The Morgan fingerprint density at radius 2 is 2.05 bits per heavy atom. The number of likely N-dealkylation sites (tertiary alicyclic amines) is 1. The van der Waals surface area contributed by atoms with E-state index in [1.165, 1.54) is 50.9 Å². The fourth-order valence-electron chi connectivity index (χ4n) is 2.84. The Bertz CT molecular complexity index is 593. The Kier molecular flexibility index (Phi) is 3.69. The maximum absolute atomic E-state index is 11.1. The van der Waals surface area contributed by atoms with E-state index in [1.807, 2.05) is 12.1 Å². The predicted octanol–water partition coefficient (Wildman–Crippen LogP) is 2.54. The largest absolute Gasteiger partial charge is 0.417 e. The number of benzene rings is 1. The van der Waals surface area contributed by atoms with Crippen molar-refractivity contribution in [2.75, 3.05) is 19.6 Å². The fourth-order valence-corrected chi connectivity index (χ4v) is 2.84. The lowest BCUT2D eigenvalue weighted by atomic mass is 10.1. The highest BCUT2D eigenvalue weighted by atomic mass is 16.4. The predicted molar refractivity (Wildman–Crippen MR) is 75.4 cm³/mol. The molecule has 1 aromatic heterocycles. The number of H-pyrrole nitrogens is 1. The first kappa shape index (κ1) is 12.5. The molecule has 1 fully saturated rings. The summed E-state index contributed by atoms with van der Waals surface area (Å²) in [7, 11) is 0. The summed E-state index contributed by atoms with van der Waals surface area (Å²) in [6.45, 7) is 3.69. The highest BCUT2D eigenvalue weighted by Crippen LogP contribution is 2.15. The third-order valence-electron chi connectivity index (χ3n) is 3.87. The minimum absolute atomic E-state index is 0.375. The highest BCUT2D eigenvalue weighted by Gasteiger charge is 2.09. The number of nitrogens with zero attached hydrogens (tertiary/aromatic N) is 1. The monoisotopic (exact) mass is 260 g/mol. The molecule has 0 atom stereocenters. The van der Waals surface area contributed by atoms with E-state index in [0.717, 1.165) is 11.9 Å². The van der Waals surface area contributed by atoms with E-state index in [-0.39, 0.29) is 5.76 Å². The SMILES string of the molecule is O=c1[nH]c2ccc(CCCN3CCCCC3)cc2o1. The van der Waals surface area contributed by atoms with Gasteiger partial charge in [-0.1, -0.05) is 12.5 Å².